The van der Waals surface area contributed by atoms with E-state index >= 15 is 0 Å². The Labute approximate surface area is 333 Å². The summed E-state index contributed by atoms with van der Waals surface area (Å²) in [4.78, 5) is 56.7. The average Bonchev–Trinajstić information content (AvgIpc) is 3.61. The molecule has 5 aromatic rings. The lowest BCUT2D eigenvalue weighted by Crippen LogP contribution is -2.51. The number of primary amides is 1. The molecule has 0 radical (unpaired) electrons. The SMILES string of the molecule is NC(=O)CN(CF)C(=O)CN(Cc1ccc2ccccc2c1)C(=O)[C@H]1C[C@H](NS(=O)(=O)c2ccc(-c3ccccc3)cc2)CN1C(=O)Cc1ccc(Cl)c(Cl)c1. The minimum Gasteiger partial charge on any atom is -0.368 e. The number of hydrogen-bond donors (Lipinski definition) is 2. The van der Waals surface area contributed by atoms with Gasteiger partial charge in [-0.2, -0.15) is 0 Å². The van der Waals surface area contributed by atoms with Gasteiger partial charge < -0.3 is 20.4 Å². The van der Waals surface area contributed by atoms with Gasteiger partial charge in [0.05, 0.1) is 21.4 Å². The molecule has 56 heavy (non-hydrogen) atoms. The molecule has 11 nitrogen and oxygen atoms in total. The van der Waals surface area contributed by atoms with Crippen LogP contribution in [0.15, 0.2) is 120 Å². The smallest absolute Gasteiger partial charge is 0.246 e. The molecule has 1 saturated heterocycles. The van der Waals surface area contributed by atoms with Crippen LogP contribution in [0.3, 0.4) is 0 Å². The van der Waals surface area contributed by atoms with Crippen LogP contribution in [0.2, 0.25) is 10.0 Å². The van der Waals surface area contributed by atoms with Crippen molar-refractivity contribution in [1.82, 2.24) is 19.4 Å². The topological polar surface area (TPSA) is 150 Å². The van der Waals surface area contributed by atoms with Gasteiger partial charge in [-0.1, -0.05) is 108 Å². The lowest BCUT2D eigenvalue weighted by Gasteiger charge is -2.31. The number of hydrogen-bond acceptors (Lipinski definition) is 6. The Morgan fingerprint density at radius 3 is 2.11 bits per heavy atom. The van der Waals surface area contributed by atoms with Gasteiger partial charge in [0.2, 0.25) is 33.7 Å². The number of nitrogens with one attached hydrogen (secondary N) is 1. The molecule has 0 saturated carbocycles. The number of benzene rings is 5. The normalized spacial score (nSPS) is 15.4. The van der Waals surface area contributed by atoms with Crippen molar-refractivity contribution in [1.29, 1.82) is 0 Å². The Balaban J connectivity index is 1.30. The summed E-state index contributed by atoms with van der Waals surface area (Å²) in [6.07, 6.45) is -0.331. The van der Waals surface area contributed by atoms with E-state index in [4.69, 9.17) is 28.9 Å². The first kappa shape index (κ1) is 40.3. The monoisotopic (exact) mass is 817 g/mol. The number of rotatable bonds is 14. The van der Waals surface area contributed by atoms with Gasteiger partial charge in [0, 0.05) is 19.1 Å². The van der Waals surface area contributed by atoms with Crippen LogP contribution in [0.1, 0.15) is 17.5 Å². The Morgan fingerprint density at radius 2 is 1.43 bits per heavy atom. The highest BCUT2D eigenvalue weighted by Gasteiger charge is 2.43. The average molecular weight is 819 g/mol. The van der Waals surface area contributed by atoms with Crippen LogP contribution in [0.4, 0.5) is 4.39 Å². The van der Waals surface area contributed by atoms with Crippen molar-refractivity contribution in [3.8, 4) is 11.1 Å². The number of amides is 4. The maximum atomic E-state index is 14.7. The number of nitrogens with two attached hydrogens (primary N) is 1. The van der Waals surface area contributed by atoms with Crippen molar-refractivity contribution >= 4 is 67.6 Å². The number of halogens is 3. The first-order valence-corrected chi connectivity index (χ1v) is 19.8. The maximum Gasteiger partial charge on any atom is 0.246 e. The van der Waals surface area contributed by atoms with Crippen LogP contribution in [0.25, 0.3) is 21.9 Å². The second-order valence-corrected chi connectivity index (χ2v) is 16.0. The number of carbonyl (C=O) groups is 4. The van der Waals surface area contributed by atoms with E-state index in [9.17, 15) is 32.0 Å². The Bertz CT molecular complexity index is 2370. The van der Waals surface area contributed by atoms with Gasteiger partial charge in [0.1, 0.15) is 19.1 Å². The molecule has 1 heterocycles. The summed E-state index contributed by atoms with van der Waals surface area (Å²) in [6, 6.07) is 31.4. The zero-order valence-electron chi connectivity index (χ0n) is 30.0. The van der Waals surface area contributed by atoms with Crippen molar-refractivity contribution in [3.63, 3.8) is 0 Å². The van der Waals surface area contributed by atoms with Gasteiger partial charge >= 0.3 is 0 Å². The largest absolute Gasteiger partial charge is 0.368 e. The number of sulfonamides is 1. The number of alkyl halides is 1. The van der Waals surface area contributed by atoms with E-state index < -0.39 is 65.6 Å². The summed E-state index contributed by atoms with van der Waals surface area (Å²) < 4.78 is 44.1. The molecule has 3 N–H and O–H groups in total. The molecule has 0 bridgehead atoms. The van der Waals surface area contributed by atoms with Crippen LogP contribution >= 0.6 is 23.2 Å². The second kappa shape index (κ2) is 17.6. The molecule has 0 aromatic heterocycles. The third kappa shape index (κ3) is 9.72. The Kier molecular flexibility index (Phi) is 12.7. The fraction of sp³-hybridized carbons (Fsp3) is 0.220. The molecule has 1 aliphatic heterocycles. The quantitative estimate of drug-likeness (QED) is 0.140. The fourth-order valence-electron chi connectivity index (χ4n) is 6.73. The second-order valence-electron chi connectivity index (χ2n) is 13.5. The number of likely N-dealkylation sites (tertiary alicyclic amines) is 1. The van der Waals surface area contributed by atoms with E-state index in [1.807, 2.05) is 66.7 Å². The summed E-state index contributed by atoms with van der Waals surface area (Å²) in [5.74, 6) is -3.01. The molecular formula is C41H38Cl2FN5O6S. The standard InChI is InChI=1S/C41H38Cl2FN5O6S/c42-35-17-11-27(19-36(35)43)20-39(51)49-23-33(46-56(54,55)34-15-13-31(14-16-34)29-6-2-1-3-7-29)21-37(49)41(53)47(25-40(52)48(26-44)24-38(45)50)22-28-10-12-30-8-4-5-9-32(30)18-28/h1-19,33,37,46H,20-26H2,(H2,45,50)/t33-,37+/m0/s1. The van der Waals surface area contributed by atoms with E-state index in [-0.39, 0.29) is 40.9 Å². The van der Waals surface area contributed by atoms with E-state index in [2.05, 4.69) is 4.72 Å². The molecule has 6 rings (SSSR count). The van der Waals surface area contributed by atoms with Crippen molar-refractivity contribution < 1.29 is 32.0 Å². The minimum absolute atomic E-state index is 0.00932. The van der Waals surface area contributed by atoms with Gasteiger partial charge in [-0.05, 0) is 69.8 Å². The Hall–Kier alpha value is -5.34. The highest BCUT2D eigenvalue weighted by molar-refractivity contribution is 7.89. The lowest BCUT2D eigenvalue weighted by molar-refractivity contribution is -0.148. The lowest BCUT2D eigenvalue weighted by atomic mass is 10.1. The molecule has 290 valence electrons. The molecule has 1 fully saturated rings. The highest BCUT2D eigenvalue weighted by Crippen LogP contribution is 2.28. The van der Waals surface area contributed by atoms with Gasteiger partial charge in [-0.25, -0.2) is 17.5 Å². The van der Waals surface area contributed by atoms with Crippen molar-refractivity contribution in [2.45, 2.75) is 36.4 Å². The minimum atomic E-state index is -4.14. The van der Waals surface area contributed by atoms with Crippen LogP contribution in [0, 0.1) is 0 Å². The Morgan fingerprint density at radius 1 is 0.768 bits per heavy atom. The van der Waals surface area contributed by atoms with Crippen molar-refractivity contribution in [3.05, 3.63) is 136 Å². The molecule has 0 unspecified atom stereocenters. The van der Waals surface area contributed by atoms with E-state index in [1.54, 1.807) is 30.3 Å². The number of fused-ring (bicyclic) bond motifs is 1. The summed E-state index contributed by atoms with van der Waals surface area (Å²) in [7, 11) is -4.14. The van der Waals surface area contributed by atoms with Gasteiger partial charge in [0.25, 0.3) is 0 Å². The first-order valence-electron chi connectivity index (χ1n) is 17.6. The predicted octanol–water partition coefficient (Wildman–Crippen LogP) is 5.57. The molecule has 1 aliphatic rings. The van der Waals surface area contributed by atoms with Crippen LogP contribution in [-0.4, -0.2) is 85.3 Å². The summed E-state index contributed by atoms with van der Waals surface area (Å²) >= 11 is 12.3. The maximum absolute atomic E-state index is 14.7. The highest BCUT2D eigenvalue weighted by atomic mass is 35.5. The first-order chi connectivity index (χ1) is 26.8. The van der Waals surface area contributed by atoms with Crippen molar-refractivity contribution in [2.24, 2.45) is 5.73 Å². The van der Waals surface area contributed by atoms with E-state index in [1.165, 1.54) is 28.0 Å². The molecule has 4 amide bonds. The van der Waals surface area contributed by atoms with E-state index in [0.29, 0.717) is 16.0 Å². The van der Waals surface area contributed by atoms with Gasteiger partial charge in [0.15, 0.2) is 6.80 Å². The van der Waals surface area contributed by atoms with E-state index in [0.717, 1.165) is 21.9 Å². The zero-order chi connectivity index (χ0) is 40.0. The molecule has 2 atom stereocenters. The van der Waals surface area contributed by atoms with Gasteiger partial charge in [-0.15, -0.1) is 0 Å². The van der Waals surface area contributed by atoms with Crippen LogP contribution < -0.4 is 10.5 Å². The molecular weight excluding hydrogens is 780 g/mol. The predicted molar refractivity (Wildman–Crippen MR) is 213 cm³/mol. The van der Waals surface area contributed by atoms with Gasteiger partial charge in [-0.3, -0.25) is 19.2 Å². The summed E-state index contributed by atoms with van der Waals surface area (Å²) in [5.41, 5.74) is 8.12. The third-order valence-corrected chi connectivity index (χ3v) is 11.8. The van der Waals surface area contributed by atoms with Crippen LogP contribution in [0.5, 0.6) is 0 Å². The van der Waals surface area contributed by atoms with Crippen LogP contribution in [-0.2, 0) is 42.2 Å². The number of nitrogens with zero attached hydrogens (tertiary/aromatic N) is 3. The fourth-order valence-corrected chi connectivity index (χ4v) is 8.29. The third-order valence-electron chi connectivity index (χ3n) is 9.51. The zero-order valence-corrected chi connectivity index (χ0v) is 32.3. The molecule has 15 heteroatoms. The molecule has 5 aromatic carbocycles. The van der Waals surface area contributed by atoms with Crippen molar-refractivity contribution in [2.75, 3.05) is 26.4 Å². The summed E-state index contributed by atoms with van der Waals surface area (Å²) in [6.45, 7) is -2.98. The molecule has 0 spiro atoms. The number of carbonyl (C=O) groups excluding carboxylic acids is 4. The molecule has 0 aliphatic carbocycles. The summed E-state index contributed by atoms with van der Waals surface area (Å²) in [5, 5.41) is 2.32.